The van der Waals surface area contributed by atoms with E-state index in [1.165, 1.54) is 44.0 Å². The SMILES string of the molecule is c1ccc(-c2cccc(-c3cccc(-c4ccc(-c5nc(-c6ccc7ccccc7c6)c6ccc7ccccc7c6n5)cc4)c3)c2)cc1. The Hall–Kier alpha value is -6.38. The Bertz CT molecular complexity index is 2600. The molecule has 0 saturated heterocycles. The number of rotatable bonds is 5. The van der Waals surface area contributed by atoms with Crippen LogP contribution in [0.25, 0.3) is 88.5 Å². The second-order valence-corrected chi connectivity index (χ2v) is 12.2. The van der Waals surface area contributed by atoms with Gasteiger partial charge in [0.25, 0.3) is 0 Å². The van der Waals surface area contributed by atoms with Crippen molar-refractivity contribution in [3.8, 4) is 56.0 Å². The number of nitrogens with zero attached hydrogens (tertiary/aromatic N) is 2. The zero-order valence-electron chi connectivity index (χ0n) is 26.2. The van der Waals surface area contributed by atoms with E-state index in [9.17, 15) is 0 Å². The molecule has 2 nitrogen and oxygen atoms in total. The Morgan fingerprint density at radius 1 is 0.271 bits per heavy atom. The van der Waals surface area contributed by atoms with Crippen molar-refractivity contribution >= 4 is 32.4 Å². The first-order valence-corrected chi connectivity index (χ1v) is 16.3. The average Bonchev–Trinajstić information content (AvgIpc) is 3.17. The Kier molecular flexibility index (Phi) is 6.84. The number of benzene rings is 8. The van der Waals surface area contributed by atoms with E-state index in [0.29, 0.717) is 0 Å². The molecule has 0 unspecified atom stereocenters. The van der Waals surface area contributed by atoms with Crippen LogP contribution in [0.4, 0.5) is 0 Å². The van der Waals surface area contributed by atoms with Gasteiger partial charge in [-0.05, 0) is 73.8 Å². The van der Waals surface area contributed by atoms with Crippen molar-refractivity contribution in [3.63, 3.8) is 0 Å². The highest BCUT2D eigenvalue weighted by atomic mass is 14.9. The fraction of sp³-hybridized carbons (Fsp3) is 0. The van der Waals surface area contributed by atoms with Gasteiger partial charge in [-0.15, -0.1) is 0 Å². The van der Waals surface area contributed by atoms with Gasteiger partial charge in [-0.25, -0.2) is 9.97 Å². The summed E-state index contributed by atoms with van der Waals surface area (Å²) in [6.45, 7) is 0. The summed E-state index contributed by atoms with van der Waals surface area (Å²) in [6.07, 6.45) is 0. The molecule has 8 aromatic carbocycles. The molecule has 0 spiro atoms. The Balaban J connectivity index is 1.12. The van der Waals surface area contributed by atoms with Crippen LogP contribution >= 0.6 is 0 Å². The Morgan fingerprint density at radius 2 is 0.792 bits per heavy atom. The van der Waals surface area contributed by atoms with Gasteiger partial charge in [-0.2, -0.15) is 0 Å². The normalized spacial score (nSPS) is 11.3. The molecule has 224 valence electrons. The minimum atomic E-state index is 0.722. The van der Waals surface area contributed by atoms with Gasteiger partial charge in [0.2, 0.25) is 0 Å². The average molecular weight is 611 g/mol. The summed E-state index contributed by atoms with van der Waals surface area (Å²) in [5, 5.41) is 5.77. The fourth-order valence-electron chi connectivity index (χ4n) is 6.75. The molecule has 1 aromatic heterocycles. The molecule has 0 aliphatic carbocycles. The summed E-state index contributed by atoms with van der Waals surface area (Å²) >= 11 is 0. The van der Waals surface area contributed by atoms with Crippen LogP contribution in [0.2, 0.25) is 0 Å². The first kappa shape index (κ1) is 27.9. The maximum atomic E-state index is 5.23. The predicted octanol–water partition coefficient (Wildman–Crippen LogP) is 12.3. The first-order chi connectivity index (χ1) is 23.8. The van der Waals surface area contributed by atoms with Gasteiger partial charge < -0.3 is 0 Å². The van der Waals surface area contributed by atoms with Crippen molar-refractivity contribution in [2.75, 3.05) is 0 Å². The number of hydrogen-bond acceptors (Lipinski definition) is 2. The zero-order valence-corrected chi connectivity index (χ0v) is 26.2. The van der Waals surface area contributed by atoms with Crippen LogP contribution in [-0.4, -0.2) is 9.97 Å². The summed E-state index contributed by atoms with van der Waals surface area (Å²) in [4.78, 5) is 10.4. The van der Waals surface area contributed by atoms with Gasteiger partial charge in [0.15, 0.2) is 5.82 Å². The molecule has 0 radical (unpaired) electrons. The fourth-order valence-corrected chi connectivity index (χ4v) is 6.75. The quantitative estimate of drug-likeness (QED) is 0.181. The standard InChI is InChI=1S/C46H30N2/c1-2-10-31(11-3-1)37-15-8-17-39(28-37)40-18-9-16-38(29-40)33-20-23-35(24-21-33)46-47-44(41-25-22-32-12-4-5-14-36(32)30-41)43-27-26-34-13-6-7-19-42(34)45(43)48-46/h1-30H. The maximum Gasteiger partial charge on any atom is 0.160 e. The monoisotopic (exact) mass is 610 g/mol. The number of aromatic nitrogens is 2. The van der Waals surface area contributed by atoms with E-state index in [1.54, 1.807) is 0 Å². The molecule has 9 rings (SSSR count). The van der Waals surface area contributed by atoms with Crippen molar-refractivity contribution in [3.05, 3.63) is 182 Å². The lowest BCUT2D eigenvalue weighted by Gasteiger charge is -2.13. The largest absolute Gasteiger partial charge is 0.227 e. The molecule has 1 heterocycles. The van der Waals surface area contributed by atoms with Crippen molar-refractivity contribution in [1.29, 1.82) is 0 Å². The van der Waals surface area contributed by atoms with Crippen molar-refractivity contribution in [1.82, 2.24) is 9.97 Å². The molecule has 0 saturated carbocycles. The smallest absolute Gasteiger partial charge is 0.160 e. The summed E-state index contributed by atoms with van der Waals surface area (Å²) in [7, 11) is 0. The molecule has 0 amide bonds. The van der Waals surface area contributed by atoms with E-state index in [4.69, 9.17) is 9.97 Å². The van der Waals surface area contributed by atoms with Gasteiger partial charge in [-0.1, -0.05) is 158 Å². The molecule has 48 heavy (non-hydrogen) atoms. The lowest BCUT2D eigenvalue weighted by atomic mass is 9.96. The topological polar surface area (TPSA) is 25.8 Å². The lowest BCUT2D eigenvalue weighted by Crippen LogP contribution is -1.96. The van der Waals surface area contributed by atoms with Crippen molar-refractivity contribution in [2.24, 2.45) is 0 Å². The second kappa shape index (κ2) is 11.8. The first-order valence-electron chi connectivity index (χ1n) is 16.3. The summed E-state index contributed by atoms with van der Waals surface area (Å²) < 4.78 is 0. The summed E-state index contributed by atoms with van der Waals surface area (Å²) in [6, 6.07) is 64.6. The molecular formula is C46H30N2. The third-order valence-electron chi connectivity index (χ3n) is 9.26. The molecular weight excluding hydrogens is 581 g/mol. The molecule has 0 aliphatic heterocycles. The van der Waals surface area contributed by atoms with Crippen LogP contribution in [0.1, 0.15) is 0 Å². The van der Waals surface area contributed by atoms with Crippen LogP contribution in [-0.2, 0) is 0 Å². The Labute approximate surface area is 279 Å². The van der Waals surface area contributed by atoms with Crippen molar-refractivity contribution in [2.45, 2.75) is 0 Å². The highest BCUT2D eigenvalue weighted by Crippen LogP contribution is 2.35. The zero-order chi connectivity index (χ0) is 31.9. The second-order valence-electron chi connectivity index (χ2n) is 12.2. The van der Waals surface area contributed by atoms with Gasteiger partial charge in [0, 0.05) is 21.9 Å². The highest BCUT2D eigenvalue weighted by Gasteiger charge is 2.15. The van der Waals surface area contributed by atoms with Crippen LogP contribution in [0.5, 0.6) is 0 Å². The van der Waals surface area contributed by atoms with Gasteiger partial charge in [0.05, 0.1) is 11.2 Å². The van der Waals surface area contributed by atoms with E-state index in [2.05, 4.69) is 182 Å². The minimum Gasteiger partial charge on any atom is -0.227 e. The maximum absolute atomic E-state index is 5.23. The van der Waals surface area contributed by atoms with Crippen LogP contribution in [0, 0.1) is 0 Å². The van der Waals surface area contributed by atoms with Gasteiger partial charge in [0.1, 0.15) is 0 Å². The molecule has 0 N–H and O–H groups in total. The summed E-state index contributed by atoms with van der Waals surface area (Å²) in [5.74, 6) is 0.722. The van der Waals surface area contributed by atoms with Crippen LogP contribution in [0.15, 0.2) is 182 Å². The number of hydrogen-bond donors (Lipinski definition) is 0. The predicted molar refractivity (Wildman–Crippen MR) is 202 cm³/mol. The Morgan fingerprint density at radius 3 is 1.52 bits per heavy atom. The molecule has 0 aliphatic rings. The summed E-state index contributed by atoms with van der Waals surface area (Å²) in [5.41, 5.74) is 11.1. The highest BCUT2D eigenvalue weighted by molar-refractivity contribution is 6.10. The van der Waals surface area contributed by atoms with E-state index in [1.807, 2.05) is 0 Å². The lowest BCUT2D eigenvalue weighted by molar-refractivity contribution is 1.23. The van der Waals surface area contributed by atoms with E-state index < -0.39 is 0 Å². The van der Waals surface area contributed by atoms with Gasteiger partial charge >= 0.3 is 0 Å². The minimum absolute atomic E-state index is 0.722. The van der Waals surface area contributed by atoms with Crippen LogP contribution < -0.4 is 0 Å². The molecule has 0 bridgehead atoms. The molecule has 9 aromatic rings. The van der Waals surface area contributed by atoms with Gasteiger partial charge in [-0.3, -0.25) is 0 Å². The molecule has 0 atom stereocenters. The molecule has 0 fully saturated rings. The van der Waals surface area contributed by atoms with E-state index in [0.717, 1.165) is 44.5 Å². The van der Waals surface area contributed by atoms with E-state index >= 15 is 0 Å². The van der Waals surface area contributed by atoms with E-state index in [-0.39, 0.29) is 0 Å². The van der Waals surface area contributed by atoms with Crippen molar-refractivity contribution < 1.29 is 0 Å². The number of fused-ring (bicyclic) bond motifs is 4. The third kappa shape index (κ3) is 5.10. The third-order valence-corrected chi connectivity index (χ3v) is 9.26. The van der Waals surface area contributed by atoms with Crippen LogP contribution in [0.3, 0.4) is 0 Å². The molecule has 2 heteroatoms.